The molecule has 2 saturated carbocycles. The third-order valence-electron chi connectivity index (χ3n) is 8.01. The Morgan fingerprint density at radius 2 is 1.87 bits per heavy atom. The van der Waals surface area contributed by atoms with E-state index in [-0.39, 0.29) is 22.7 Å². The van der Waals surface area contributed by atoms with Gasteiger partial charge in [-0.2, -0.15) is 9.19 Å². The Bertz CT molecular complexity index is 1560. The lowest BCUT2D eigenvalue weighted by Crippen LogP contribution is -2.40. The smallest absolute Gasteiger partial charge is 0.256 e. The van der Waals surface area contributed by atoms with Crippen molar-refractivity contribution in [2.45, 2.75) is 57.6 Å². The van der Waals surface area contributed by atoms with Crippen molar-refractivity contribution in [3.05, 3.63) is 42.5 Å². The number of hydrogen-bond donors (Lipinski definition) is 2. The molecule has 0 unspecified atom stereocenters. The first kappa shape index (κ1) is 25.8. The van der Waals surface area contributed by atoms with Crippen LogP contribution in [0.2, 0.25) is 0 Å². The summed E-state index contributed by atoms with van der Waals surface area (Å²) in [7, 11) is -3.46. The van der Waals surface area contributed by atoms with Crippen molar-refractivity contribution in [2.24, 2.45) is 10.8 Å². The maximum Gasteiger partial charge on any atom is 0.256 e. The molecule has 0 amide bonds. The molecule has 4 heterocycles. The van der Waals surface area contributed by atoms with Crippen LogP contribution in [-0.4, -0.2) is 62.6 Å². The molecule has 1 saturated heterocycles. The summed E-state index contributed by atoms with van der Waals surface area (Å²) < 4.78 is 26.0. The number of rotatable bonds is 7. The van der Waals surface area contributed by atoms with E-state index in [1.165, 1.54) is 12.4 Å². The SMILES string of the molecule is CC1(C#Cc2cnc(Nc3ccnc(-c4cnn(S(=O)(=O)C5CC5)c4)n3)cc2N2CCC(C)(CO)CC2)CC1. The Labute approximate surface area is 228 Å². The van der Waals surface area contributed by atoms with Crippen LogP contribution in [0.4, 0.5) is 17.3 Å². The minimum absolute atomic E-state index is 0.0545. The van der Waals surface area contributed by atoms with Gasteiger partial charge in [0.05, 0.1) is 34.5 Å². The third-order valence-corrected chi connectivity index (χ3v) is 10.0. The lowest BCUT2D eigenvalue weighted by molar-refractivity contribution is 0.115. The highest BCUT2D eigenvalue weighted by Gasteiger charge is 2.38. The number of nitrogens with zero attached hydrogens (tertiary/aromatic N) is 6. The highest BCUT2D eigenvalue weighted by Crippen LogP contribution is 2.44. The predicted molar refractivity (Wildman–Crippen MR) is 149 cm³/mol. The molecule has 6 rings (SSSR count). The second-order valence-corrected chi connectivity index (χ2v) is 13.7. The molecule has 0 aromatic carbocycles. The maximum absolute atomic E-state index is 12.5. The highest BCUT2D eigenvalue weighted by molar-refractivity contribution is 7.90. The van der Waals surface area contributed by atoms with Crippen molar-refractivity contribution in [1.29, 1.82) is 0 Å². The first-order chi connectivity index (χ1) is 18.7. The lowest BCUT2D eigenvalue weighted by atomic mass is 9.81. The summed E-state index contributed by atoms with van der Waals surface area (Å²) in [5.41, 5.74) is 2.49. The van der Waals surface area contributed by atoms with Gasteiger partial charge in [0.15, 0.2) is 5.82 Å². The van der Waals surface area contributed by atoms with Gasteiger partial charge in [-0.1, -0.05) is 18.8 Å². The Morgan fingerprint density at radius 3 is 2.56 bits per heavy atom. The van der Waals surface area contributed by atoms with E-state index in [1.807, 2.05) is 12.3 Å². The van der Waals surface area contributed by atoms with Gasteiger partial charge in [-0.05, 0) is 56.9 Å². The molecule has 0 radical (unpaired) electrons. The zero-order valence-electron chi connectivity index (χ0n) is 22.3. The van der Waals surface area contributed by atoms with Gasteiger partial charge in [-0.15, -0.1) is 0 Å². The van der Waals surface area contributed by atoms with E-state index in [9.17, 15) is 13.5 Å². The number of aliphatic hydroxyl groups excluding tert-OH is 1. The fourth-order valence-electron chi connectivity index (χ4n) is 4.62. The topological polar surface area (TPSA) is 126 Å². The molecule has 11 heteroatoms. The number of aliphatic hydroxyl groups is 1. The van der Waals surface area contributed by atoms with Gasteiger partial charge < -0.3 is 15.3 Å². The van der Waals surface area contributed by atoms with Crippen molar-refractivity contribution >= 4 is 27.3 Å². The van der Waals surface area contributed by atoms with Crippen molar-refractivity contribution in [2.75, 3.05) is 29.9 Å². The number of piperidine rings is 1. The largest absolute Gasteiger partial charge is 0.396 e. The molecule has 2 aliphatic carbocycles. The van der Waals surface area contributed by atoms with E-state index in [1.54, 1.807) is 12.3 Å². The molecule has 204 valence electrons. The van der Waals surface area contributed by atoms with Crippen molar-refractivity contribution in [3.8, 4) is 23.2 Å². The second-order valence-electron chi connectivity index (χ2n) is 11.6. The van der Waals surface area contributed by atoms with E-state index in [2.05, 4.69) is 56.0 Å². The molecule has 3 fully saturated rings. The van der Waals surface area contributed by atoms with Gasteiger partial charge in [-0.3, -0.25) is 0 Å². The van der Waals surface area contributed by atoms with Crippen LogP contribution in [-0.2, 0) is 10.0 Å². The van der Waals surface area contributed by atoms with Gasteiger partial charge >= 0.3 is 0 Å². The van der Waals surface area contributed by atoms with Crippen LogP contribution in [0.1, 0.15) is 57.9 Å². The molecule has 2 N–H and O–H groups in total. The fourth-order valence-corrected chi connectivity index (χ4v) is 6.10. The number of anilines is 3. The molecule has 10 nitrogen and oxygen atoms in total. The minimum Gasteiger partial charge on any atom is -0.396 e. The molecule has 0 atom stereocenters. The van der Waals surface area contributed by atoms with Crippen molar-refractivity contribution in [3.63, 3.8) is 0 Å². The number of hydrogen-bond acceptors (Lipinski definition) is 9. The Balaban J connectivity index is 1.25. The van der Waals surface area contributed by atoms with Gasteiger partial charge in [0.25, 0.3) is 10.0 Å². The van der Waals surface area contributed by atoms with Crippen LogP contribution in [0.5, 0.6) is 0 Å². The van der Waals surface area contributed by atoms with Crippen molar-refractivity contribution in [1.82, 2.24) is 24.1 Å². The monoisotopic (exact) mass is 547 g/mol. The number of nitrogens with one attached hydrogen (secondary N) is 1. The van der Waals surface area contributed by atoms with Gasteiger partial charge in [-0.25, -0.2) is 23.4 Å². The second kappa shape index (κ2) is 9.61. The van der Waals surface area contributed by atoms with Crippen LogP contribution < -0.4 is 10.2 Å². The third kappa shape index (κ3) is 5.49. The Kier molecular flexibility index (Phi) is 6.35. The molecule has 3 aromatic heterocycles. The Hall–Kier alpha value is -3.49. The summed E-state index contributed by atoms with van der Waals surface area (Å²) in [6.07, 6.45) is 11.8. The van der Waals surface area contributed by atoms with E-state index < -0.39 is 10.0 Å². The molecule has 3 aliphatic rings. The van der Waals surface area contributed by atoms with Crippen LogP contribution in [0.3, 0.4) is 0 Å². The van der Waals surface area contributed by atoms with Gasteiger partial charge in [0, 0.05) is 43.6 Å². The number of pyridine rings is 1. The average molecular weight is 548 g/mol. The maximum atomic E-state index is 12.5. The number of aromatic nitrogens is 5. The first-order valence-electron chi connectivity index (χ1n) is 13.5. The molecule has 0 spiro atoms. The highest BCUT2D eigenvalue weighted by atomic mass is 32.2. The molecular formula is C28H33N7O3S. The summed E-state index contributed by atoms with van der Waals surface area (Å²) in [4.78, 5) is 15.9. The normalized spacial score (nSPS) is 19.7. The predicted octanol–water partition coefficient (Wildman–Crippen LogP) is 3.57. The lowest BCUT2D eigenvalue weighted by Gasteiger charge is -2.39. The van der Waals surface area contributed by atoms with E-state index in [4.69, 9.17) is 0 Å². The van der Waals surface area contributed by atoms with Gasteiger partial charge in [0.1, 0.15) is 11.6 Å². The molecule has 39 heavy (non-hydrogen) atoms. The summed E-state index contributed by atoms with van der Waals surface area (Å²) >= 11 is 0. The summed E-state index contributed by atoms with van der Waals surface area (Å²) in [5.74, 6) is 8.34. The quantitative estimate of drug-likeness (QED) is 0.427. The van der Waals surface area contributed by atoms with E-state index in [0.717, 1.165) is 54.1 Å². The molecular weight excluding hydrogens is 514 g/mol. The van der Waals surface area contributed by atoms with Crippen LogP contribution >= 0.6 is 0 Å². The zero-order valence-corrected chi connectivity index (χ0v) is 23.1. The average Bonchev–Trinajstić information content (AvgIpc) is 3.87. The molecule has 1 aliphatic heterocycles. The van der Waals surface area contributed by atoms with Crippen LogP contribution in [0.15, 0.2) is 36.9 Å². The van der Waals surface area contributed by atoms with Gasteiger partial charge in [0.2, 0.25) is 0 Å². The van der Waals surface area contributed by atoms with E-state index >= 15 is 0 Å². The van der Waals surface area contributed by atoms with E-state index in [0.29, 0.717) is 35.9 Å². The zero-order chi connectivity index (χ0) is 27.3. The van der Waals surface area contributed by atoms with Crippen molar-refractivity contribution < 1.29 is 13.5 Å². The summed E-state index contributed by atoms with van der Waals surface area (Å²) in [6, 6.07) is 3.74. The molecule has 3 aromatic rings. The Morgan fingerprint density at radius 1 is 1.10 bits per heavy atom. The minimum atomic E-state index is -3.46. The molecule has 0 bridgehead atoms. The summed E-state index contributed by atoms with van der Waals surface area (Å²) in [6.45, 7) is 6.18. The summed E-state index contributed by atoms with van der Waals surface area (Å²) in [5, 5.41) is 16.8. The first-order valence-corrected chi connectivity index (χ1v) is 15.0. The van der Waals surface area contributed by atoms with Crippen LogP contribution in [0.25, 0.3) is 11.4 Å². The van der Waals surface area contributed by atoms with Crippen LogP contribution in [0, 0.1) is 22.7 Å². The standard InChI is InChI=1S/C28H33N7O3S/c1-27(8-9-27)7-5-20-16-30-25(15-23(20)34-13-10-28(2,19-36)11-14-34)32-24-6-12-29-26(33-24)21-17-31-35(18-21)39(37,38)22-3-4-22/h6,12,15-18,22,36H,3-4,8-11,13-14,19H2,1-2H3,(H,29,30,32,33). The fraction of sp³-hybridized carbons (Fsp3) is 0.500.